The van der Waals surface area contributed by atoms with Crippen LogP contribution in [0.2, 0.25) is 5.02 Å². The number of aromatic nitrogens is 1. The fraction of sp³-hybridized carbons (Fsp3) is 0.706. The fourth-order valence-electron chi connectivity index (χ4n) is 2.90. The minimum Gasteiger partial charge on any atom is -0.381 e. The highest BCUT2D eigenvalue weighted by Gasteiger charge is 2.32. The molecule has 0 saturated carbocycles. The van der Waals surface area contributed by atoms with Crippen LogP contribution in [0.4, 0.5) is 0 Å². The second kappa shape index (κ2) is 8.74. The molecule has 0 aliphatic carbocycles. The fourth-order valence-corrected chi connectivity index (χ4v) is 3.17. The molecule has 1 aromatic rings. The second-order valence-corrected chi connectivity index (χ2v) is 6.72. The third kappa shape index (κ3) is 4.88. The summed E-state index contributed by atoms with van der Waals surface area (Å²) in [6.07, 6.45) is 3.67. The Bertz CT molecular complexity index is 553. The Kier molecular flexibility index (Phi) is 6.95. The Balaban J connectivity index is 2.07. The SMILES string of the molecule is CCNC(=NCC1(OC)CCOCC1)N(C)Cc1cc(Cl)cn1C. The highest BCUT2D eigenvalue weighted by Crippen LogP contribution is 2.25. The molecular formula is C17H29ClN4O2. The lowest BCUT2D eigenvalue weighted by atomic mass is 9.94. The summed E-state index contributed by atoms with van der Waals surface area (Å²) in [7, 11) is 5.80. The van der Waals surface area contributed by atoms with Gasteiger partial charge >= 0.3 is 0 Å². The lowest BCUT2D eigenvalue weighted by molar-refractivity contribution is -0.0829. The van der Waals surface area contributed by atoms with E-state index in [0.717, 1.165) is 55.8 Å². The number of methoxy groups -OCH3 is 1. The van der Waals surface area contributed by atoms with Crippen molar-refractivity contribution < 1.29 is 9.47 Å². The molecule has 0 atom stereocenters. The minimum atomic E-state index is -0.214. The van der Waals surface area contributed by atoms with Crippen molar-refractivity contribution in [1.29, 1.82) is 0 Å². The highest BCUT2D eigenvalue weighted by atomic mass is 35.5. The van der Waals surface area contributed by atoms with E-state index in [0.29, 0.717) is 6.54 Å². The van der Waals surface area contributed by atoms with E-state index in [1.807, 2.05) is 30.9 Å². The van der Waals surface area contributed by atoms with Crippen LogP contribution >= 0.6 is 11.6 Å². The van der Waals surface area contributed by atoms with Crippen LogP contribution in [0.5, 0.6) is 0 Å². The first-order chi connectivity index (χ1) is 11.5. The van der Waals surface area contributed by atoms with E-state index in [4.69, 9.17) is 26.1 Å². The second-order valence-electron chi connectivity index (χ2n) is 6.29. The molecule has 0 bridgehead atoms. The van der Waals surface area contributed by atoms with Crippen molar-refractivity contribution in [3.05, 3.63) is 23.0 Å². The average molecular weight is 357 g/mol. The molecule has 1 aliphatic heterocycles. The van der Waals surface area contributed by atoms with Crippen molar-refractivity contribution in [2.75, 3.05) is 40.5 Å². The van der Waals surface area contributed by atoms with Crippen LogP contribution in [0, 0.1) is 0 Å². The molecule has 6 nitrogen and oxygen atoms in total. The number of nitrogens with zero attached hydrogens (tertiary/aromatic N) is 3. The van der Waals surface area contributed by atoms with Gasteiger partial charge in [0.05, 0.1) is 23.7 Å². The van der Waals surface area contributed by atoms with E-state index in [1.165, 1.54) is 0 Å². The molecule has 0 aromatic carbocycles. The van der Waals surface area contributed by atoms with Crippen LogP contribution in [0.3, 0.4) is 0 Å². The zero-order valence-corrected chi connectivity index (χ0v) is 15.9. The summed E-state index contributed by atoms with van der Waals surface area (Å²) >= 11 is 6.08. The van der Waals surface area contributed by atoms with Crippen LogP contribution < -0.4 is 5.32 Å². The summed E-state index contributed by atoms with van der Waals surface area (Å²) in [4.78, 5) is 6.93. The molecule has 1 fully saturated rings. The van der Waals surface area contributed by atoms with Crippen LogP contribution in [0.15, 0.2) is 17.3 Å². The predicted molar refractivity (Wildman–Crippen MR) is 97.7 cm³/mol. The number of hydrogen-bond donors (Lipinski definition) is 1. The molecule has 1 aromatic heterocycles. The Morgan fingerprint density at radius 1 is 1.50 bits per heavy atom. The van der Waals surface area contributed by atoms with Crippen LogP contribution in [0.25, 0.3) is 0 Å². The molecule has 1 saturated heterocycles. The van der Waals surface area contributed by atoms with Crippen molar-refractivity contribution in [3.63, 3.8) is 0 Å². The van der Waals surface area contributed by atoms with Gasteiger partial charge in [-0.3, -0.25) is 4.99 Å². The molecular weight excluding hydrogens is 328 g/mol. The Morgan fingerprint density at radius 3 is 2.75 bits per heavy atom. The van der Waals surface area contributed by atoms with E-state index < -0.39 is 0 Å². The number of hydrogen-bond acceptors (Lipinski definition) is 3. The van der Waals surface area contributed by atoms with E-state index in [9.17, 15) is 0 Å². The van der Waals surface area contributed by atoms with Gasteiger partial charge in [-0.2, -0.15) is 0 Å². The van der Waals surface area contributed by atoms with Crippen molar-refractivity contribution in [2.45, 2.75) is 31.9 Å². The first-order valence-corrected chi connectivity index (χ1v) is 8.80. The third-order valence-corrected chi connectivity index (χ3v) is 4.73. The topological polar surface area (TPSA) is 51.0 Å². The summed E-state index contributed by atoms with van der Waals surface area (Å²) < 4.78 is 13.3. The Labute approximate surface area is 149 Å². The zero-order chi connectivity index (χ0) is 17.6. The largest absolute Gasteiger partial charge is 0.381 e. The summed E-state index contributed by atoms with van der Waals surface area (Å²) in [5.41, 5.74) is 0.925. The Hall–Kier alpha value is -1.24. The van der Waals surface area contributed by atoms with Crippen LogP contribution in [-0.2, 0) is 23.1 Å². The number of aliphatic imine (C=N–C) groups is 1. The standard InChI is InChI=1S/C17H29ClN4O2/c1-5-19-16(20-13-17(23-4)6-8-24-9-7-17)22(3)12-15-10-14(18)11-21(15)2/h10-11H,5-9,12-13H2,1-4H3,(H,19,20). The number of halogens is 1. The molecule has 136 valence electrons. The monoisotopic (exact) mass is 356 g/mol. The first kappa shape index (κ1) is 19.1. The Morgan fingerprint density at radius 2 is 2.21 bits per heavy atom. The lowest BCUT2D eigenvalue weighted by Crippen LogP contribution is -2.44. The number of nitrogens with one attached hydrogen (secondary N) is 1. The highest BCUT2D eigenvalue weighted by molar-refractivity contribution is 6.30. The van der Waals surface area contributed by atoms with Gasteiger partial charge in [-0.15, -0.1) is 0 Å². The molecule has 2 heterocycles. The van der Waals surface area contributed by atoms with Crippen molar-refractivity contribution >= 4 is 17.6 Å². The van der Waals surface area contributed by atoms with E-state index >= 15 is 0 Å². The molecule has 2 rings (SSSR count). The lowest BCUT2D eigenvalue weighted by Gasteiger charge is -2.35. The van der Waals surface area contributed by atoms with Crippen LogP contribution in [-0.4, -0.2) is 61.5 Å². The maximum absolute atomic E-state index is 6.08. The van der Waals surface area contributed by atoms with Gasteiger partial charge in [0, 0.05) is 65.7 Å². The predicted octanol–water partition coefficient (Wildman–Crippen LogP) is 2.27. The maximum atomic E-state index is 6.08. The zero-order valence-electron chi connectivity index (χ0n) is 15.1. The summed E-state index contributed by atoms with van der Waals surface area (Å²) in [5, 5.41) is 4.11. The van der Waals surface area contributed by atoms with Gasteiger partial charge in [-0.05, 0) is 13.0 Å². The molecule has 1 aliphatic rings. The van der Waals surface area contributed by atoms with Gasteiger partial charge < -0.3 is 24.3 Å². The molecule has 1 N–H and O–H groups in total. The molecule has 0 spiro atoms. The van der Waals surface area contributed by atoms with Crippen molar-refractivity contribution in [2.24, 2.45) is 12.0 Å². The summed E-state index contributed by atoms with van der Waals surface area (Å²) in [6, 6.07) is 1.98. The number of ether oxygens (including phenoxy) is 2. The number of guanidine groups is 1. The average Bonchev–Trinajstić information content (AvgIpc) is 2.89. The van der Waals surface area contributed by atoms with Crippen molar-refractivity contribution in [1.82, 2.24) is 14.8 Å². The number of rotatable bonds is 6. The van der Waals surface area contributed by atoms with Gasteiger partial charge in [-0.1, -0.05) is 11.6 Å². The van der Waals surface area contributed by atoms with Gasteiger partial charge in [0.2, 0.25) is 0 Å². The van der Waals surface area contributed by atoms with Crippen LogP contribution in [0.1, 0.15) is 25.5 Å². The van der Waals surface area contributed by atoms with E-state index in [-0.39, 0.29) is 5.60 Å². The van der Waals surface area contributed by atoms with Gasteiger partial charge in [0.15, 0.2) is 5.96 Å². The minimum absolute atomic E-state index is 0.214. The van der Waals surface area contributed by atoms with E-state index in [1.54, 1.807) is 7.11 Å². The summed E-state index contributed by atoms with van der Waals surface area (Å²) in [5.74, 6) is 0.873. The van der Waals surface area contributed by atoms with Gasteiger partial charge in [0.25, 0.3) is 0 Å². The van der Waals surface area contributed by atoms with Crippen molar-refractivity contribution in [3.8, 4) is 0 Å². The van der Waals surface area contributed by atoms with Gasteiger partial charge in [-0.25, -0.2) is 0 Å². The summed E-state index contributed by atoms with van der Waals surface area (Å²) in [6.45, 7) is 5.73. The quantitative estimate of drug-likeness (QED) is 0.627. The first-order valence-electron chi connectivity index (χ1n) is 8.43. The normalized spacial score (nSPS) is 17.8. The number of aryl methyl sites for hydroxylation is 1. The molecule has 24 heavy (non-hydrogen) atoms. The van der Waals surface area contributed by atoms with Gasteiger partial charge in [0.1, 0.15) is 0 Å². The smallest absolute Gasteiger partial charge is 0.194 e. The molecule has 7 heteroatoms. The molecule has 0 amide bonds. The third-order valence-electron chi connectivity index (χ3n) is 4.52. The molecule has 0 radical (unpaired) electrons. The maximum Gasteiger partial charge on any atom is 0.194 e. The molecule has 0 unspecified atom stereocenters. The van der Waals surface area contributed by atoms with E-state index in [2.05, 4.69) is 17.1 Å².